The van der Waals surface area contributed by atoms with E-state index in [-0.39, 0.29) is 17.8 Å². The summed E-state index contributed by atoms with van der Waals surface area (Å²) < 4.78 is 1.32. The van der Waals surface area contributed by atoms with E-state index in [9.17, 15) is 9.59 Å². The van der Waals surface area contributed by atoms with E-state index >= 15 is 0 Å². The lowest BCUT2D eigenvalue weighted by Crippen LogP contribution is -2.29. The van der Waals surface area contributed by atoms with Crippen molar-refractivity contribution in [2.45, 2.75) is 27.3 Å². The highest BCUT2D eigenvalue weighted by molar-refractivity contribution is 6.05. The van der Waals surface area contributed by atoms with Crippen molar-refractivity contribution in [2.24, 2.45) is 5.10 Å². The van der Waals surface area contributed by atoms with Gasteiger partial charge in [0, 0.05) is 10.9 Å². The van der Waals surface area contributed by atoms with E-state index in [1.54, 1.807) is 30.5 Å². The average molecular weight is 425 g/mol. The SMILES string of the molecule is Cc1cc(C)c(/C=N/NC(=O)c2nn(Cc3ccccc3)c(=O)c3ccccc23)c(C)c1. The van der Waals surface area contributed by atoms with Crippen LogP contribution in [0.5, 0.6) is 0 Å². The maximum absolute atomic E-state index is 13.0. The zero-order chi connectivity index (χ0) is 22.7. The summed E-state index contributed by atoms with van der Waals surface area (Å²) in [6.07, 6.45) is 1.64. The van der Waals surface area contributed by atoms with E-state index in [1.165, 1.54) is 10.2 Å². The summed E-state index contributed by atoms with van der Waals surface area (Å²) in [5.41, 5.74) is 7.72. The minimum Gasteiger partial charge on any atom is -0.267 e. The number of carbonyl (C=O) groups excluding carboxylic acids is 1. The molecule has 32 heavy (non-hydrogen) atoms. The van der Waals surface area contributed by atoms with Gasteiger partial charge < -0.3 is 0 Å². The Morgan fingerprint density at radius 2 is 1.59 bits per heavy atom. The monoisotopic (exact) mass is 424 g/mol. The Labute approximate surface area is 186 Å². The van der Waals surface area contributed by atoms with E-state index < -0.39 is 5.91 Å². The minimum absolute atomic E-state index is 0.158. The van der Waals surface area contributed by atoms with Gasteiger partial charge in [-0.2, -0.15) is 10.2 Å². The molecule has 0 spiro atoms. The predicted octanol–water partition coefficient (Wildman–Crippen LogP) is 4.13. The largest absolute Gasteiger partial charge is 0.292 e. The first-order valence-electron chi connectivity index (χ1n) is 10.4. The van der Waals surface area contributed by atoms with Crippen molar-refractivity contribution in [1.29, 1.82) is 0 Å². The molecule has 160 valence electrons. The van der Waals surface area contributed by atoms with Crippen LogP contribution in [0.15, 0.2) is 76.6 Å². The predicted molar refractivity (Wildman–Crippen MR) is 127 cm³/mol. The van der Waals surface area contributed by atoms with Gasteiger partial charge in [-0.15, -0.1) is 0 Å². The number of benzene rings is 3. The summed E-state index contributed by atoms with van der Waals surface area (Å²) in [6.45, 7) is 6.34. The van der Waals surface area contributed by atoms with Crippen molar-refractivity contribution in [3.8, 4) is 0 Å². The number of amides is 1. The molecule has 0 fully saturated rings. The number of hydrogen-bond donors (Lipinski definition) is 1. The molecule has 6 nitrogen and oxygen atoms in total. The van der Waals surface area contributed by atoms with Gasteiger partial charge in [0.15, 0.2) is 5.69 Å². The van der Waals surface area contributed by atoms with Crippen LogP contribution in [-0.2, 0) is 6.54 Å². The molecule has 1 amide bonds. The Kier molecular flexibility index (Phi) is 5.94. The summed E-state index contributed by atoms with van der Waals surface area (Å²) >= 11 is 0. The van der Waals surface area contributed by atoms with Crippen molar-refractivity contribution in [1.82, 2.24) is 15.2 Å². The van der Waals surface area contributed by atoms with Crippen LogP contribution in [0.3, 0.4) is 0 Å². The Bertz CT molecular complexity index is 1370. The molecule has 0 radical (unpaired) electrons. The van der Waals surface area contributed by atoms with Gasteiger partial charge in [0.1, 0.15) is 0 Å². The molecule has 3 aromatic carbocycles. The Morgan fingerprint density at radius 3 is 2.28 bits per heavy atom. The molecule has 1 aromatic heterocycles. The van der Waals surface area contributed by atoms with E-state index in [2.05, 4.69) is 27.8 Å². The first-order valence-corrected chi connectivity index (χ1v) is 10.4. The van der Waals surface area contributed by atoms with Crippen LogP contribution in [0, 0.1) is 20.8 Å². The van der Waals surface area contributed by atoms with Crippen LogP contribution in [0.2, 0.25) is 0 Å². The number of hydrazone groups is 1. The fraction of sp³-hybridized carbons (Fsp3) is 0.154. The smallest absolute Gasteiger partial charge is 0.267 e. The van der Waals surface area contributed by atoms with Gasteiger partial charge in [0.05, 0.1) is 18.1 Å². The fourth-order valence-corrected chi connectivity index (χ4v) is 3.87. The second-order valence-electron chi connectivity index (χ2n) is 7.85. The van der Waals surface area contributed by atoms with Crippen molar-refractivity contribution < 1.29 is 4.79 Å². The van der Waals surface area contributed by atoms with Gasteiger partial charge in [0.25, 0.3) is 11.5 Å². The van der Waals surface area contributed by atoms with Crippen LogP contribution < -0.4 is 11.0 Å². The average Bonchev–Trinajstić information content (AvgIpc) is 2.78. The molecule has 1 heterocycles. The molecule has 0 bridgehead atoms. The molecule has 0 aliphatic rings. The quantitative estimate of drug-likeness (QED) is 0.387. The molecule has 6 heteroatoms. The van der Waals surface area contributed by atoms with E-state index in [1.807, 2.05) is 51.1 Å². The summed E-state index contributed by atoms with van der Waals surface area (Å²) in [7, 11) is 0. The van der Waals surface area contributed by atoms with Gasteiger partial charge in [0.2, 0.25) is 0 Å². The van der Waals surface area contributed by atoms with Crippen LogP contribution in [-0.4, -0.2) is 21.9 Å². The zero-order valence-corrected chi connectivity index (χ0v) is 18.3. The van der Waals surface area contributed by atoms with Gasteiger partial charge in [-0.25, -0.2) is 10.1 Å². The second kappa shape index (κ2) is 8.98. The van der Waals surface area contributed by atoms with E-state index in [0.29, 0.717) is 10.8 Å². The Hall–Kier alpha value is -4.06. The lowest BCUT2D eigenvalue weighted by molar-refractivity contribution is 0.0949. The van der Waals surface area contributed by atoms with Crippen molar-refractivity contribution in [3.63, 3.8) is 0 Å². The third-order valence-electron chi connectivity index (χ3n) is 5.36. The number of hydrogen-bond acceptors (Lipinski definition) is 4. The standard InChI is InChI=1S/C26H24N4O2/c1-17-13-18(2)23(19(3)14-17)15-27-28-25(31)24-21-11-7-8-12-22(21)26(32)30(29-24)16-20-9-5-4-6-10-20/h4-15H,16H2,1-3H3,(H,28,31)/b27-15+. The normalized spacial score (nSPS) is 11.2. The van der Waals surface area contributed by atoms with E-state index in [0.717, 1.165) is 22.3 Å². The summed E-state index contributed by atoms with van der Waals surface area (Å²) in [5, 5.41) is 9.49. The van der Waals surface area contributed by atoms with Crippen LogP contribution >= 0.6 is 0 Å². The lowest BCUT2D eigenvalue weighted by atomic mass is 10.0. The summed E-state index contributed by atoms with van der Waals surface area (Å²) in [5.74, 6) is -0.471. The Morgan fingerprint density at radius 1 is 0.969 bits per heavy atom. The number of rotatable bonds is 5. The molecule has 4 rings (SSSR count). The first kappa shape index (κ1) is 21.2. The molecule has 0 saturated heterocycles. The van der Waals surface area contributed by atoms with Crippen LogP contribution in [0.25, 0.3) is 10.8 Å². The zero-order valence-electron chi connectivity index (χ0n) is 18.3. The molecule has 0 saturated carbocycles. The number of nitrogens with zero attached hydrogens (tertiary/aromatic N) is 3. The topological polar surface area (TPSA) is 76.3 Å². The maximum atomic E-state index is 13.0. The van der Waals surface area contributed by atoms with Crippen molar-refractivity contribution in [3.05, 3.63) is 111 Å². The Balaban J connectivity index is 1.68. The third-order valence-corrected chi connectivity index (χ3v) is 5.36. The molecule has 1 N–H and O–H groups in total. The van der Waals surface area contributed by atoms with Crippen LogP contribution in [0.4, 0.5) is 0 Å². The van der Waals surface area contributed by atoms with Gasteiger partial charge in [-0.05, 0) is 43.5 Å². The molecule has 0 unspecified atom stereocenters. The maximum Gasteiger partial charge on any atom is 0.292 e. The van der Waals surface area contributed by atoms with Gasteiger partial charge in [-0.1, -0.05) is 66.2 Å². The number of fused-ring (bicyclic) bond motifs is 1. The number of aromatic nitrogens is 2. The number of carbonyl (C=O) groups is 1. The third kappa shape index (κ3) is 4.34. The lowest BCUT2D eigenvalue weighted by Gasteiger charge is -2.10. The van der Waals surface area contributed by atoms with E-state index in [4.69, 9.17) is 0 Å². The van der Waals surface area contributed by atoms with Crippen molar-refractivity contribution in [2.75, 3.05) is 0 Å². The second-order valence-corrected chi connectivity index (χ2v) is 7.85. The van der Waals surface area contributed by atoms with Gasteiger partial charge in [-0.3, -0.25) is 9.59 Å². The molecular weight excluding hydrogens is 400 g/mol. The van der Waals surface area contributed by atoms with Crippen LogP contribution in [0.1, 0.15) is 38.3 Å². The fourth-order valence-electron chi connectivity index (χ4n) is 3.87. The molecule has 0 aliphatic carbocycles. The highest BCUT2D eigenvalue weighted by atomic mass is 16.2. The number of nitrogens with one attached hydrogen (secondary N) is 1. The summed E-state index contributed by atoms with van der Waals surface area (Å²) in [6, 6.07) is 20.7. The first-order chi connectivity index (χ1) is 15.4. The molecule has 0 aliphatic heterocycles. The minimum atomic E-state index is -0.471. The van der Waals surface area contributed by atoms with Crippen molar-refractivity contribution >= 4 is 22.9 Å². The molecule has 4 aromatic rings. The van der Waals surface area contributed by atoms with Gasteiger partial charge >= 0.3 is 0 Å². The summed E-state index contributed by atoms with van der Waals surface area (Å²) in [4.78, 5) is 25.9. The highest BCUT2D eigenvalue weighted by Gasteiger charge is 2.16. The molecular formula is C26H24N4O2. The highest BCUT2D eigenvalue weighted by Crippen LogP contribution is 2.15. The number of aryl methyl sites for hydroxylation is 3. The molecule has 0 atom stereocenters.